The molecular weight excluding hydrogens is 410 g/mol. The molecule has 0 atom stereocenters. The fourth-order valence-electron chi connectivity index (χ4n) is 3.93. The van der Waals surface area contributed by atoms with Gasteiger partial charge in [-0.05, 0) is 49.7 Å². The molecule has 1 aromatic carbocycles. The number of anilines is 1. The van der Waals surface area contributed by atoms with Crippen molar-refractivity contribution in [2.45, 2.75) is 30.5 Å². The van der Waals surface area contributed by atoms with Gasteiger partial charge in [0.2, 0.25) is 12.5 Å². The summed E-state index contributed by atoms with van der Waals surface area (Å²) in [4.78, 5) is 13.2. The molecule has 160 valence electrons. The number of pyridine rings is 1. The highest BCUT2D eigenvalue weighted by Crippen LogP contribution is 2.40. The van der Waals surface area contributed by atoms with E-state index in [1.54, 1.807) is 0 Å². The lowest BCUT2D eigenvalue weighted by atomic mass is 10.1. The number of likely N-dealkylation sites (N-methyl/N-ethyl adjacent to an activating group) is 1. The number of hydrogen-bond donors (Lipinski definition) is 0. The molecule has 4 rings (SSSR count). The Morgan fingerprint density at radius 2 is 2.06 bits per heavy atom. The zero-order chi connectivity index (χ0) is 21.8. The largest absolute Gasteiger partial charge is 0.454 e. The third-order valence-corrected chi connectivity index (χ3v) is 6.68. The molecule has 0 amide bonds. The average molecular weight is 436 g/mol. The van der Waals surface area contributed by atoms with E-state index in [4.69, 9.17) is 21.0 Å². The van der Waals surface area contributed by atoms with Gasteiger partial charge < -0.3 is 19.3 Å². The first-order valence-corrected chi connectivity index (χ1v) is 11.4. The van der Waals surface area contributed by atoms with Crippen LogP contribution >= 0.6 is 11.8 Å². The summed E-state index contributed by atoms with van der Waals surface area (Å²) in [6, 6.07) is 8.21. The van der Waals surface area contributed by atoms with Gasteiger partial charge in [-0.25, -0.2) is 9.83 Å². The van der Waals surface area contributed by atoms with Crippen molar-refractivity contribution in [2.75, 3.05) is 44.9 Å². The number of nitriles is 1. The zero-order valence-corrected chi connectivity index (χ0v) is 18.7. The molecule has 0 aliphatic carbocycles. The van der Waals surface area contributed by atoms with Crippen molar-refractivity contribution < 1.29 is 9.47 Å². The minimum absolute atomic E-state index is 0.248. The van der Waals surface area contributed by atoms with Crippen LogP contribution in [0.1, 0.15) is 30.0 Å². The number of benzene rings is 1. The van der Waals surface area contributed by atoms with Crippen LogP contribution in [0.5, 0.6) is 11.5 Å². The van der Waals surface area contributed by atoms with Crippen LogP contribution < -0.4 is 14.4 Å². The van der Waals surface area contributed by atoms with E-state index in [1.165, 1.54) is 11.8 Å². The molecular formula is C23H25N5O2S. The molecule has 0 N–H and O–H groups in total. The highest BCUT2D eigenvalue weighted by atomic mass is 32.2. The van der Waals surface area contributed by atoms with Gasteiger partial charge in [-0.15, -0.1) is 11.8 Å². The van der Waals surface area contributed by atoms with Crippen LogP contribution in [0, 0.1) is 17.9 Å². The molecule has 0 saturated carbocycles. The molecule has 8 heteroatoms. The topological polar surface area (TPSA) is 66.0 Å². The van der Waals surface area contributed by atoms with Crippen LogP contribution in [0.3, 0.4) is 0 Å². The molecule has 0 spiro atoms. The Morgan fingerprint density at radius 1 is 1.23 bits per heavy atom. The van der Waals surface area contributed by atoms with Crippen molar-refractivity contribution >= 4 is 23.3 Å². The van der Waals surface area contributed by atoms with Crippen LogP contribution in [0.25, 0.3) is 4.85 Å². The van der Waals surface area contributed by atoms with Crippen molar-refractivity contribution in [3.05, 3.63) is 46.3 Å². The van der Waals surface area contributed by atoms with Crippen LogP contribution in [0.4, 0.5) is 11.5 Å². The van der Waals surface area contributed by atoms with Crippen molar-refractivity contribution in [1.82, 2.24) is 9.88 Å². The molecule has 1 saturated heterocycles. The number of ether oxygens (including phenoxy) is 2. The van der Waals surface area contributed by atoms with Crippen molar-refractivity contribution in [3.8, 4) is 17.6 Å². The van der Waals surface area contributed by atoms with Gasteiger partial charge in [0.05, 0.1) is 12.1 Å². The summed E-state index contributed by atoms with van der Waals surface area (Å²) in [6.45, 7) is 13.7. The number of nitrogens with zero attached hydrogens (tertiary/aromatic N) is 5. The Labute approximate surface area is 187 Å². The number of rotatable bonds is 5. The summed E-state index contributed by atoms with van der Waals surface area (Å²) in [6.07, 6.45) is 1.65. The first kappa shape index (κ1) is 21.3. The van der Waals surface area contributed by atoms with E-state index >= 15 is 0 Å². The monoisotopic (exact) mass is 435 g/mol. The van der Waals surface area contributed by atoms with E-state index in [1.807, 2.05) is 25.1 Å². The van der Waals surface area contributed by atoms with Gasteiger partial charge in [0, 0.05) is 25.4 Å². The van der Waals surface area contributed by atoms with Gasteiger partial charge in [0.15, 0.2) is 11.5 Å². The van der Waals surface area contributed by atoms with Gasteiger partial charge in [-0.2, -0.15) is 5.26 Å². The highest BCUT2D eigenvalue weighted by Gasteiger charge is 2.24. The second kappa shape index (κ2) is 9.47. The normalized spacial score (nSPS) is 15.9. The maximum atomic E-state index is 9.89. The number of thioether (sulfide) groups is 1. The molecule has 2 aliphatic rings. The van der Waals surface area contributed by atoms with Crippen LogP contribution in [-0.4, -0.2) is 49.9 Å². The fraction of sp³-hybridized carbons (Fsp3) is 0.435. The standard InChI is InChI=1S/C23H25N5O2S/c1-4-17-18(13-24)23(31-14-16-6-7-19-20(12-16)30-15-29-19)26-22(21(17)25-2)28-9-5-8-27(3)10-11-28/h6-7,12H,4-5,8-11,14-15H2,1,3H3. The molecule has 2 aromatic rings. The summed E-state index contributed by atoms with van der Waals surface area (Å²) in [5.41, 5.74) is 2.92. The fourth-order valence-corrected chi connectivity index (χ4v) is 4.88. The quantitative estimate of drug-likeness (QED) is 0.514. The molecule has 31 heavy (non-hydrogen) atoms. The van der Waals surface area contributed by atoms with Crippen molar-refractivity contribution in [1.29, 1.82) is 5.26 Å². The summed E-state index contributed by atoms with van der Waals surface area (Å²) < 4.78 is 10.9. The van der Waals surface area contributed by atoms with Gasteiger partial charge >= 0.3 is 0 Å². The average Bonchev–Trinajstić information content (AvgIpc) is 3.15. The molecule has 0 bridgehead atoms. The lowest BCUT2D eigenvalue weighted by Gasteiger charge is -2.25. The minimum Gasteiger partial charge on any atom is -0.454 e. The Hall–Kier alpha value is -2.94. The highest BCUT2D eigenvalue weighted by molar-refractivity contribution is 7.98. The van der Waals surface area contributed by atoms with Crippen LogP contribution in [0.15, 0.2) is 23.2 Å². The minimum atomic E-state index is 0.248. The second-order valence-corrected chi connectivity index (χ2v) is 8.60. The molecule has 0 unspecified atom stereocenters. The molecule has 2 aliphatic heterocycles. The van der Waals surface area contributed by atoms with Gasteiger partial charge in [-0.1, -0.05) is 13.0 Å². The number of hydrogen-bond acceptors (Lipinski definition) is 7. The Morgan fingerprint density at radius 3 is 2.84 bits per heavy atom. The van der Waals surface area contributed by atoms with E-state index in [0.717, 1.165) is 55.2 Å². The Kier molecular flexibility index (Phi) is 6.50. The Balaban J connectivity index is 1.67. The SMILES string of the molecule is [C-]#[N+]c1c(N2CCCN(C)CC2)nc(SCc2ccc3c(c2)OCO3)c(C#N)c1CC. The van der Waals surface area contributed by atoms with E-state index < -0.39 is 0 Å². The van der Waals surface area contributed by atoms with Crippen LogP contribution in [0.2, 0.25) is 0 Å². The predicted molar refractivity (Wildman–Crippen MR) is 121 cm³/mol. The maximum absolute atomic E-state index is 9.89. The molecule has 1 fully saturated rings. The lowest BCUT2D eigenvalue weighted by Crippen LogP contribution is -2.29. The molecule has 7 nitrogen and oxygen atoms in total. The van der Waals surface area contributed by atoms with Gasteiger partial charge in [0.1, 0.15) is 16.9 Å². The lowest BCUT2D eigenvalue weighted by molar-refractivity contribution is 0.174. The van der Waals surface area contributed by atoms with Gasteiger partial charge in [-0.3, -0.25) is 0 Å². The summed E-state index contributed by atoms with van der Waals surface area (Å²) >= 11 is 1.53. The van der Waals surface area contributed by atoms with Crippen LogP contribution in [-0.2, 0) is 12.2 Å². The summed E-state index contributed by atoms with van der Waals surface area (Å²) in [7, 11) is 2.12. The third-order valence-electron chi connectivity index (χ3n) is 5.63. The molecule has 0 radical (unpaired) electrons. The zero-order valence-electron chi connectivity index (χ0n) is 17.8. The Bertz CT molecular complexity index is 1060. The van der Waals surface area contributed by atoms with Crippen molar-refractivity contribution in [3.63, 3.8) is 0 Å². The van der Waals surface area contributed by atoms with E-state index in [2.05, 4.69) is 27.8 Å². The van der Waals surface area contributed by atoms with E-state index in [-0.39, 0.29) is 6.79 Å². The van der Waals surface area contributed by atoms with Crippen molar-refractivity contribution in [2.24, 2.45) is 0 Å². The first-order valence-electron chi connectivity index (χ1n) is 10.4. The van der Waals surface area contributed by atoms with Gasteiger partial charge in [0.25, 0.3) is 0 Å². The van der Waals surface area contributed by atoms with E-state index in [9.17, 15) is 5.26 Å². The summed E-state index contributed by atoms with van der Waals surface area (Å²) in [5, 5.41) is 10.6. The molecule has 1 aromatic heterocycles. The summed E-state index contributed by atoms with van der Waals surface area (Å²) in [5.74, 6) is 2.88. The number of aromatic nitrogens is 1. The van der Waals surface area contributed by atoms with E-state index in [0.29, 0.717) is 34.3 Å². The smallest absolute Gasteiger partial charge is 0.232 e. The second-order valence-electron chi connectivity index (χ2n) is 7.64. The molecule has 3 heterocycles. The number of fused-ring (bicyclic) bond motifs is 1. The third kappa shape index (κ3) is 4.41. The maximum Gasteiger partial charge on any atom is 0.232 e. The first-order chi connectivity index (χ1) is 15.1. The predicted octanol–water partition coefficient (Wildman–Crippen LogP) is 4.23.